The van der Waals surface area contributed by atoms with E-state index in [1.54, 1.807) is 37.5 Å². The van der Waals surface area contributed by atoms with E-state index < -0.39 is 5.97 Å². The van der Waals surface area contributed by atoms with Crippen molar-refractivity contribution in [1.29, 1.82) is 0 Å². The number of nitrogens with one attached hydrogen (secondary N) is 1. The maximum absolute atomic E-state index is 13.2. The highest BCUT2D eigenvalue weighted by Gasteiger charge is 2.21. The first-order valence-electron chi connectivity index (χ1n) is 10.3. The average Bonchev–Trinajstić information content (AvgIpc) is 2.82. The van der Waals surface area contributed by atoms with Gasteiger partial charge in [0.25, 0.3) is 0 Å². The Hall–Kier alpha value is -3.71. The van der Waals surface area contributed by atoms with Gasteiger partial charge in [0.05, 0.1) is 24.2 Å². The summed E-state index contributed by atoms with van der Waals surface area (Å²) in [5.74, 6) is -0.136. The Labute approximate surface area is 195 Å². The van der Waals surface area contributed by atoms with Crippen LogP contribution in [0.5, 0.6) is 0 Å². The van der Waals surface area contributed by atoms with E-state index in [1.807, 2.05) is 32.0 Å². The van der Waals surface area contributed by atoms with Gasteiger partial charge in [-0.15, -0.1) is 0 Å². The molecule has 0 aliphatic carbocycles. The van der Waals surface area contributed by atoms with Crippen LogP contribution in [0.1, 0.15) is 40.1 Å². The highest BCUT2D eigenvalue weighted by molar-refractivity contribution is 6.29. The number of hydrogen-bond donors (Lipinski definition) is 1. The molecule has 7 nitrogen and oxygen atoms in total. The van der Waals surface area contributed by atoms with Crippen LogP contribution >= 0.6 is 11.6 Å². The van der Waals surface area contributed by atoms with Crippen LogP contribution in [0.15, 0.2) is 58.0 Å². The fourth-order valence-electron chi connectivity index (χ4n) is 3.78. The molecule has 4 aromatic rings. The largest absolute Gasteiger partial charge is 0.464 e. The van der Waals surface area contributed by atoms with E-state index in [1.165, 1.54) is 7.11 Å². The zero-order chi connectivity index (χ0) is 23.7. The molecule has 3 heterocycles. The molecular weight excluding hydrogens is 442 g/mol. The number of halogens is 1. The van der Waals surface area contributed by atoms with Gasteiger partial charge in [-0.2, -0.15) is 0 Å². The number of benzene rings is 1. The third kappa shape index (κ3) is 4.32. The number of ether oxygens (including phenoxy) is 1. The molecule has 1 atom stereocenters. The third-order valence-electron chi connectivity index (χ3n) is 5.39. The molecule has 0 aliphatic rings. The molecule has 0 fully saturated rings. The third-order valence-corrected chi connectivity index (χ3v) is 5.60. The zero-order valence-electron chi connectivity index (χ0n) is 18.6. The fourth-order valence-corrected chi connectivity index (χ4v) is 3.92. The lowest BCUT2D eigenvalue weighted by Crippen LogP contribution is -2.15. The second kappa shape index (κ2) is 9.03. The first-order chi connectivity index (χ1) is 15.8. The van der Waals surface area contributed by atoms with Crippen LogP contribution in [0, 0.1) is 13.8 Å². The normalized spacial score (nSPS) is 11.9. The Kier molecular flexibility index (Phi) is 6.16. The molecule has 8 heteroatoms. The van der Waals surface area contributed by atoms with Gasteiger partial charge in [-0.1, -0.05) is 17.7 Å². The number of hydrogen-bond acceptors (Lipinski definition) is 7. The van der Waals surface area contributed by atoms with E-state index in [9.17, 15) is 9.59 Å². The lowest BCUT2D eigenvalue weighted by molar-refractivity contribution is 0.0595. The van der Waals surface area contributed by atoms with Crippen LogP contribution in [0.3, 0.4) is 0 Å². The van der Waals surface area contributed by atoms with Gasteiger partial charge in [0, 0.05) is 29.1 Å². The van der Waals surface area contributed by atoms with Gasteiger partial charge in [0.1, 0.15) is 16.5 Å². The summed E-state index contributed by atoms with van der Waals surface area (Å²) in [7, 11) is 1.28. The predicted molar refractivity (Wildman–Crippen MR) is 128 cm³/mol. The SMILES string of the molecule is COC(=O)c1nc(Cl)ccc1NC(C)c1cc(C)cc2c(=O)c(C)c(-c3cccnc3)oc12. The van der Waals surface area contributed by atoms with Crippen molar-refractivity contribution in [2.24, 2.45) is 0 Å². The molecule has 4 rings (SSSR count). The van der Waals surface area contributed by atoms with Gasteiger partial charge in [0.15, 0.2) is 11.1 Å². The smallest absolute Gasteiger partial charge is 0.358 e. The average molecular weight is 464 g/mol. The second-order valence-electron chi connectivity index (χ2n) is 7.75. The number of aryl methyl sites for hydroxylation is 1. The van der Waals surface area contributed by atoms with Crippen LogP contribution < -0.4 is 10.7 Å². The summed E-state index contributed by atoms with van der Waals surface area (Å²) in [4.78, 5) is 33.7. The summed E-state index contributed by atoms with van der Waals surface area (Å²) in [6, 6.07) is 10.3. The van der Waals surface area contributed by atoms with E-state index >= 15 is 0 Å². The lowest BCUT2D eigenvalue weighted by atomic mass is 9.99. The maximum Gasteiger partial charge on any atom is 0.358 e. The fraction of sp³-hybridized carbons (Fsp3) is 0.200. The first-order valence-corrected chi connectivity index (χ1v) is 10.7. The minimum atomic E-state index is -0.609. The number of carbonyl (C=O) groups is 1. The van der Waals surface area contributed by atoms with Crippen LogP contribution in [0.25, 0.3) is 22.3 Å². The Bertz CT molecular complexity index is 1420. The van der Waals surface area contributed by atoms with Gasteiger partial charge in [-0.05, 0) is 56.7 Å². The molecule has 1 N–H and O–H groups in total. The summed E-state index contributed by atoms with van der Waals surface area (Å²) in [6.45, 7) is 5.58. The number of esters is 1. The molecule has 0 radical (unpaired) electrons. The van der Waals surface area contributed by atoms with Crippen molar-refractivity contribution in [3.8, 4) is 11.3 Å². The number of nitrogens with zero attached hydrogens (tertiary/aromatic N) is 2. The molecule has 0 aliphatic heterocycles. The molecule has 33 heavy (non-hydrogen) atoms. The van der Waals surface area contributed by atoms with Gasteiger partial charge in [-0.25, -0.2) is 9.78 Å². The lowest BCUT2D eigenvalue weighted by Gasteiger charge is -2.20. The highest BCUT2D eigenvalue weighted by atomic mass is 35.5. The molecule has 1 unspecified atom stereocenters. The van der Waals surface area contributed by atoms with Gasteiger partial charge < -0.3 is 14.5 Å². The van der Waals surface area contributed by atoms with Crippen molar-refractivity contribution in [2.45, 2.75) is 26.8 Å². The molecule has 0 amide bonds. The van der Waals surface area contributed by atoms with Crippen molar-refractivity contribution in [1.82, 2.24) is 9.97 Å². The van der Waals surface area contributed by atoms with Gasteiger partial charge in [-0.3, -0.25) is 9.78 Å². The van der Waals surface area contributed by atoms with Crippen molar-refractivity contribution in [3.63, 3.8) is 0 Å². The minimum Gasteiger partial charge on any atom is -0.464 e. The van der Waals surface area contributed by atoms with Crippen molar-refractivity contribution in [2.75, 3.05) is 12.4 Å². The molecule has 0 spiro atoms. The summed E-state index contributed by atoms with van der Waals surface area (Å²) in [5, 5.41) is 3.96. The summed E-state index contributed by atoms with van der Waals surface area (Å²) in [6.07, 6.45) is 3.33. The Morgan fingerprint density at radius 2 is 2.00 bits per heavy atom. The topological polar surface area (TPSA) is 94.3 Å². The molecule has 0 bridgehead atoms. The first kappa shape index (κ1) is 22.5. The highest BCUT2D eigenvalue weighted by Crippen LogP contribution is 2.32. The second-order valence-corrected chi connectivity index (χ2v) is 8.13. The number of fused-ring (bicyclic) bond motifs is 1. The monoisotopic (exact) mass is 463 g/mol. The van der Waals surface area contributed by atoms with Crippen molar-refractivity contribution >= 4 is 34.2 Å². The maximum atomic E-state index is 13.2. The summed E-state index contributed by atoms with van der Waals surface area (Å²) >= 11 is 5.98. The van der Waals surface area contributed by atoms with Crippen LogP contribution in [0.2, 0.25) is 5.15 Å². The van der Waals surface area contributed by atoms with Gasteiger partial charge in [0.2, 0.25) is 0 Å². The molecule has 0 saturated carbocycles. The van der Waals surface area contributed by atoms with E-state index in [0.29, 0.717) is 28.0 Å². The minimum absolute atomic E-state index is 0.0714. The summed E-state index contributed by atoms with van der Waals surface area (Å²) in [5.41, 5.74) is 3.80. The number of aromatic nitrogens is 2. The molecule has 0 saturated heterocycles. The Morgan fingerprint density at radius 3 is 2.70 bits per heavy atom. The van der Waals surface area contributed by atoms with Crippen LogP contribution in [-0.2, 0) is 4.74 Å². The molecule has 3 aromatic heterocycles. The standard InChI is InChI=1S/C25H22ClN3O4/c1-13-10-17(15(3)28-19-7-8-20(26)29-21(19)25(31)32-4)24-18(11-13)22(30)14(2)23(33-24)16-6-5-9-27-12-16/h5-12,15,28H,1-4H3. The molecule has 168 valence electrons. The van der Waals surface area contributed by atoms with Crippen LogP contribution in [0.4, 0.5) is 5.69 Å². The van der Waals surface area contributed by atoms with E-state index in [0.717, 1.165) is 16.7 Å². The van der Waals surface area contributed by atoms with Crippen molar-refractivity contribution in [3.05, 3.63) is 86.6 Å². The van der Waals surface area contributed by atoms with Gasteiger partial charge >= 0.3 is 5.97 Å². The molecule has 1 aromatic carbocycles. The number of anilines is 1. The van der Waals surface area contributed by atoms with Crippen LogP contribution in [-0.4, -0.2) is 23.0 Å². The number of rotatable bonds is 5. The Balaban J connectivity index is 1.87. The predicted octanol–water partition coefficient (Wildman–Crippen LogP) is 5.48. The Morgan fingerprint density at radius 1 is 1.21 bits per heavy atom. The summed E-state index contributed by atoms with van der Waals surface area (Å²) < 4.78 is 11.2. The van der Waals surface area contributed by atoms with Crippen molar-refractivity contribution < 1.29 is 13.9 Å². The zero-order valence-corrected chi connectivity index (χ0v) is 19.4. The van der Waals surface area contributed by atoms with E-state index in [-0.39, 0.29) is 22.3 Å². The quantitative estimate of drug-likeness (QED) is 0.309. The number of pyridine rings is 2. The number of methoxy groups -OCH3 is 1. The van der Waals surface area contributed by atoms with E-state index in [2.05, 4.69) is 15.3 Å². The molecular formula is C25H22ClN3O4. The van der Waals surface area contributed by atoms with E-state index in [4.69, 9.17) is 20.8 Å². The number of carbonyl (C=O) groups excluding carboxylic acids is 1.